The van der Waals surface area contributed by atoms with Crippen LogP contribution in [0.3, 0.4) is 0 Å². The quantitative estimate of drug-likeness (QED) is 0.189. The molecule has 7 aromatic rings. The zero-order chi connectivity index (χ0) is 33.5. The van der Waals surface area contributed by atoms with E-state index in [4.69, 9.17) is 9.47 Å². The molecular formula is C47H32N2O2. The molecule has 4 aliphatic rings. The van der Waals surface area contributed by atoms with E-state index in [9.17, 15) is 0 Å². The van der Waals surface area contributed by atoms with E-state index >= 15 is 0 Å². The van der Waals surface area contributed by atoms with E-state index < -0.39 is 5.41 Å². The second-order valence-electron chi connectivity index (χ2n) is 13.8. The molecule has 7 aromatic carbocycles. The minimum Gasteiger partial charge on any atom is -0.476 e. The number of hydrogen-bond acceptors (Lipinski definition) is 4. The molecule has 4 nitrogen and oxygen atoms in total. The number of hydrogen-bond donors (Lipinski definition) is 0. The van der Waals surface area contributed by atoms with Gasteiger partial charge in [-0.1, -0.05) is 109 Å². The Labute approximate surface area is 296 Å². The van der Waals surface area contributed by atoms with E-state index in [0.29, 0.717) is 19.8 Å². The third-order valence-electron chi connectivity index (χ3n) is 11.1. The summed E-state index contributed by atoms with van der Waals surface area (Å²) >= 11 is 0. The van der Waals surface area contributed by atoms with Crippen LogP contribution in [0.2, 0.25) is 0 Å². The molecule has 0 aromatic heterocycles. The lowest BCUT2D eigenvalue weighted by Gasteiger charge is -2.31. The van der Waals surface area contributed by atoms with Gasteiger partial charge in [0.15, 0.2) is 0 Å². The minimum absolute atomic E-state index is 0.469. The van der Waals surface area contributed by atoms with Crippen LogP contribution in [0.5, 0.6) is 0 Å². The largest absolute Gasteiger partial charge is 0.476 e. The molecule has 0 N–H and O–H groups in total. The monoisotopic (exact) mass is 656 g/mol. The van der Waals surface area contributed by atoms with Gasteiger partial charge >= 0.3 is 0 Å². The average molecular weight is 657 g/mol. The van der Waals surface area contributed by atoms with Crippen LogP contribution < -0.4 is 0 Å². The van der Waals surface area contributed by atoms with Crippen molar-refractivity contribution in [1.82, 2.24) is 0 Å². The maximum absolute atomic E-state index is 5.85. The van der Waals surface area contributed by atoms with Gasteiger partial charge in [-0.2, -0.15) is 0 Å². The van der Waals surface area contributed by atoms with Gasteiger partial charge in [-0.25, -0.2) is 9.98 Å². The summed E-state index contributed by atoms with van der Waals surface area (Å²) in [5, 5.41) is 2.50. The zero-order valence-corrected chi connectivity index (χ0v) is 27.9. The van der Waals surface area contributed by atoms with Gasteiger partial charge in [0, 0.05) is 11.1 Å². The van der Waals surface area contributed by atoms with E-state index in [1.54, 1.807) is 0 Å². The van der Waals surface area contributed by atoms with E-state index in [1.807, 2.05) is 0 Å². The van der Waals surface area contributed by atoms with Crippen LogP contribution in [-0.4, -0.2) is 38.1 Å². The van der Waals surface area contributed by atoms with Gasteiger partial charge in [0.25, 0.3) is 0 Å². The van der Waals surface area contributed by atoms with Crippen LogP contribution in [0.25, 0.3) is 55.3 Å². The highest BCUT2D eigenvalue weighted by atomic mass is 16.5. The smallest absolute Gasteiger partial charge is 0.216 e. The van der Waals surface area contributed by atoms with E-state index in [-0.39, 0.29) is 0 Å². The molecule has 0 amide bonds. The fourth-order valence-electron chi connectivity index (χ4n) is 9.02. The molecule has 0 saturated heterocycles. The van der Waals surface area contributed by atoms with Gasteiger partial charge in [0.05, 0.1) is 18.5 Å². The number of benzene rings is 7. The standard InChI is InChI=1S/C47H32N2O2/c1-3-13-41-37(11-1)38-12-2-4-14-42(38)47(41)43-28-32(30-8-6-10-35(27-30)46-49-22-24-51-46)16-19-39(43)40-20-17-33-25-31(15-18-36(33)44(40)47)29-7-5-9-34(26-29)45-48-21-23-50-45/h1-20,25-28H,21-24H2. The van der Waals surface area contributed by atoms with Crippen LogP contribution in [0.15, 0.2) is 156 Å². The van der Waals surface area contributed by atoms with Crippen molar-refractivity contribution in [2.75, 3.05) is 26.3 Å². The van der Waals surface area contributed by atoms with E-state index in [0.717, 1.165) is 40.6 Å². The topological polar surface area (TPSA) is 43.2 Å². The number of ether oxygens (including phenoxy) is 2. The summed E-state index contributed by atoms with van der Waals surface area (Å²) in [7, 11) is 0. The summed E-state index contributed by atoms with van der Waals surface area (Å²) in [5.41, 5.74) is 16.8. The van der Waals surface area contributed by atoms with Crippen molar-refractivity contribution in [3.8, 4) is 44.5 Å². The first kappa shape index (κ1) is 28.6. The highest BCUT2D eigenvalue weighted by Gasteiger charge is 2.52. The van der Waals surface area contributed by atoms with Crippen LogP contribution >= 0.6 is 0 Å². The molecule has 2 aliphatic heterocycles. The molecule has 2 aliphatic carbocycles. The Morgan fingerprint density at radius 3 is 1.57 bits per heavy atom. The van der Waals surface area contributed by atoms with Crippen LogP contribution in [-0.2, 0) is 14.9 Å². The van der Waals surface area contributed by atoms with Crippen molar-refractivity contribution in [2.45, 2.75) is 5.41 Å². The molecule has 0 saturated carbocycles. The summed E-state index contributed by atoms with van der Waals surface area (Å²) in [6.07, 6.45) is 0. The third-order valence-corrected chi connectivity index (χ3v) is 11.1. The predicted molar refractivity (Wildman–Crippen MR) is 206 cm³/mol. The molecule has 51 heavy (non-hydrogen) atoms. The molecule has 11 rings (SSSR count). The third kappa shape index (κ3) is 4.08. The molecule has 0 atom stereocenters. The number of aliphatic imine (C=N–C) groups is 2. The summed E-state index contributed by atoms with van der Waals surface area (Å²) < 4.78 is 11.6. The Morgan fingerprint density at radius 2 is 0.941 bits per heavy atom. The summed E-state index contributed by atoms with van der Waals surface area (Å²) in [6.45, 7) is 2.72. The fraction of sp³-hybridized carbons (Fsp3) is 0.106. The first-order chi connectivity index (χ1) is 25.3. The Kier molecular flexibility index (Phi) is 6.09. The predicted octanol–water partition coefficient (Wildman–Crippen LogP) is 10.1. The Hall–Kier alpha value is -6.26. The Balaban J connectivity index is 1.15. The van der Waals surface area contributed by atoms with Crippen molar-refractivity contribution in [3.63, 3.8) is 0 Å². The van der Waals surface area contributed by atoms with E-state index in [2.05, 4.69) is 156 Å². The Morgan fingerprint density at radius 1 is 0.412 bits per heavy atom. The van der Waals surface area contributed by atoms with Gasteiger partial charge < -0.3 is 9.47 Å². The van der Waals surface area contributed by atoms with Crippen LogP contribution in [0.1, 0.15) is 33.4 Å². The maximum Gasteiger partial charge on any atom is 0.216 e. The van der Waals surface area contributed by atoms with Crippen molar-refractivity contribution in [1.29, 1.82) is 0 Å². The van der Waals surface area contributed by atoms with Gasteiger partial charge in [0.2, 0.25) is 11.8 Å². The second-order valence-corrected chi connectivity index (χ2v) is 13.8. The van der Waals surface area contributed by atoms with Crippen LogP contribution in [0.4, 0.5) is 0 Å². The lowest BCUT2D eigenvalue weighted by molar-refractivity contribution is 0.348. The number of fused-ring (bicyclic) bond motifs is 12. The number of nitrogens with zero attached hydrogens (tertiary/aromatic N) is 2. The fourth-order valence-corrected chi connectivity index (χ4v) is 9.02. The number of rotatable bonds is 4. The second kappa shape index (κ2) is 10.9. The lowest BCUT2D eigenvalue weighted by atomic mass is 9.69. The first-order valence-corrected chi connectivity index (χ1v) is 17.7. The van der Waals surface area contributed by atoms with Crippen molar-refractivity contribution >= 4 is 22.6 Å². The van der Waals surface area contributed by atoms with Crippen molar-refractivity contribution in [2.24, 2.45) is 9.98 Å². The molecule has 0 fully saturated rings. The minimum atomic E-state index is -0.469. The normalized spacial score (nSPS) is 15.8. The van der Waals surface area contributed by atoms with Crippen molar-refractivity contribution < 1.29 is 9.47 Å². The summed E-state index contributed by atoms with van der Waals surface area (Å²) in [6, 6.07) is 53.9. The van der Waals surface area contributed by atoms with Gasteiger partial charge in [-0.05, 0) is 114 Å². The maximum atomic E-state index is 5.85. The van der Waals surface area contributed by atoms with Crippen LogP contribution in [0, 0.1) is 0 Å². The molecule has 4 heteroatoms. The van der Waals surface area contributed by atoms with Gasteiger partial charge in [0.1, 0.15) is 13.2 Å². The summed E-state index contributed by atoms with van der Waals surface area (Å²) in [5.74, 6) is 1.47. The molecule has 242 valence electrons. The Bertz CT molecular complexity index is 2620. The molecule has 2 heterocycles. The van der Waals surface area contributed by atoms with E-state index in [1.165, 1.54) is 66.4 Å². The van der Waals surface area contributed by atoms with Gasteiger partial charge in [-0.15, -0.1) is 0 Å². The first-order valence-electron chi connectivity index (χ1n) is 17.7. The average Bonchev–Trinajstić information content (AvgIpc) is 4.02. The molecule has 0 bridgehead atoms. The molecular weight excluding hydrogens is 625 g/mol. The van der Waals surface area contributed by atoms with Crippen molar-refractivity contribution in [3.05, 3.63) is 179 Å². The highest BCUT2D eigenvalue weighted by molar-refractivity contribution is 6.05. The zero-order valence-electron chi connectivity index (χ0n) is 27.9. The molecule has 1 spiro atoms. The SMILES string of the molecule is c1cc(C2=NCCO2)cc(-c2ccc3c(c2)C2(c4ccccc4-c4ccccc42)c2c-3ccc3cc(-c4cccc(C5=NCCO5)c4)ccc23)c1. The van der Waals surface area contributed by atoms with Gasteiger partial charge in [-0.3, -0.25) is 0 Å². The molecule has 0 radical (unpaired) electrons. The summed E-state index contributed by atoms with van der Waals surface area (Å²) in [4.78, 5) is 9.15. The lowest BCUT2D eigenvalue weighted by Crippen LogP contribution is -2.26. The molecule has 0 unspecified atom stereocenters. The highest BCUT2D eigenvalue weighted by Crippen LogP contribution is 2.64.